The predicted molar refractivity (Wildman–Crippen MR) is 146 cm³/mol. The minimum atomic E-state index is -1.16. The standard InChI is InChI=1S/C32H33F2NO4/c1-32(2,3)39-28(36)20-25(30(37)29-26(33)11-8-12-27(29)34)24-10-7-9-23(19-24)21-13-15-22(16-14-21)31(38)35-17-5-4-6-18-35/h7-16,19,25H,4-6,17-18,20H2,1-3H3. The summed E-state index contributed by atoms with van der Waals surface area (Å²) in [6.45, 7) is 6.65. The van der Waals surface area contributed by atoms with Crippen LogP contribution in [0, 0.1) is 11.6 Å². The van der Waals surface area contributed by atoms with Crippen molar-refractivity contribution in [2.75, 3.05) is 13.1 Å². The maximum atomic E-state index is 14.6. The van der Waals surface area contributed by atoms with Crippen LogP contribution in [0.1, 0.15) is 78.7 Å². The second-order valence-corrected chi connectivity index (χ2v) is 10.9. The number of ketones is 1. The van der Waals surface area contributed by atoms with E-state index in [0.29, 0.717) is 11.1 Å². The van der Waals surface area contributed by atoms with Crippen molar-refractivity contribution in [2.24, 2.45) is 0 Å². The first-order valence-corrected chi connectivity index (χ1v) is 13.2. The van der Waals surface area contributed by atoms with Gasteiger partial charge in [-0.05, 0) is 81.0 Å². The highest BCUT2D eigenvalue weighted by Crippen LogP contribution is 2.31. The molecule has 0 N–H and O–H groups in total. The number of esters is 1. The molecule has 1 aliphatic rings. The first-order valence-electron chi connectivity index (χ1n) is 13.2. The minimum Gasteiger partial charge on any atom is -0.460 e. The van der Waals surface area contributed by atoms with Crippen molar-refractivity contribution in [3.63, 3.8) is 0 Å². The highest BCUT2D eigenvalue weighted by molar-refractivity contribution is 6.03. The van der Waals surface area contributed by atoms with Gasteiger partial charge >= 0.3 is 5.97 Å². The van der Waals surface area contributed by atoms with Gasteiger partial charge in [-0.15, -0.1) is 0 Å². The van der Waals surface area contributed by atoms with Gasteiger partial charge in [-0.1, -0.05) is 42.5 Å². The second-order valence-electron chi connectivity index (χ2n) is 10.9. The van der Waals surface area contributed by atoms with Crippen LogP contribution in [0.25, 0.3) is 11.1 Å². The Morgan fingerprint density at radius 1 is 0.846 bits per heavy atom. The first-order chi connectivity index (χ1) is 18.5. The number of hydrogen-bond acceptors (Lipinski definition) is 4. The molecule has 0 aromatic heterocycles. The molecule has 7 heteroatoms. The summed E-state index contributed by atoms with van der Waals surface area (Å²) in [4.78, 5) is 40.9. The third-order valence-electron chi connectivity index (χ3n) is 6.71. The van der Waals surface area contributed by atoms with Crippen LogP contribution < -0.4 is 0 Å². The lowest BCUT2D eigenvalue weighted by atomic mass is 9.86. The number of amides is 1. The summed E-state index contributed by atoms with van der Waals surface area (Å²) < 4.78 is 34.5. The fraction of sp³-hybridized carbons (Fsp3) is 0.344. The van der Waals surface area contributed by atoms with Crippen molar-refractivity contribution in [2.45, 2.75) is 58.0 Å². The van der Waals surface area contributed by atoms with E-state index in [4.69, 9.17) is 4.74 Å². The molecule has 5 nitrogen and oxygen atoms in total. The zero-order valence-electron chi connectivity index (χ0n) is 22.5. The Bertz CT molecular complexity index is 1340. The van der Waals surface area contributed by atoms with Gasteiger partial charge in [0.25, 0.3) is 5.91 Å². The molecule has 1 heterocycles. The molecular weight excluding hydrogens is 500 g/mol. The number of nitrogens with zero attached hydrogens (tertiary/aromatic N) is 1. The smallest absolute Gasteiger partial charge is 0.307 e. The molecule has 0 saturated carbocycles. The SMILES string of the molecule is CC(C)(C)OC(=O)CC(C(=O)c1c(F)cccc1F)c1cccc(-c2ccc(C(=O)N3CCCCC3)cc2)c1. The van der Waals surface area contributed by atoms with Gasteiger partial charge in [-0.2, -0.15) is 0 Å². The van der Waals surface area contributed by atoms with Crippen LogP contribution in [0.2, 0.25) is 0 Å². The second kappa shape index (κ2) is 11.9. The van der Waals surface area contributed by atoms with Gasteiger partial charge in [-0.3, -0.25) is 14.4 Å². The predicted octanol–water partition coefficient (Wildman–Crippen LogP) is 6.96. The van der Waals surface area contributed by atoms with E-state index in [9.17, 15) is 23.2 Å². The molecule has 1 fully saturated rings. The lowest BCUT2D eigenvalue weighted by molar-refractivity contribution is -0.155. The number of Topliss-reactive ketones (excluding diaryl/α,β-unsaturated/α-hetero) is 1. The van der Waals surface area contributed by atoms with Gasteiger partial charge in [0.15, 0.2) is 5.78 Å². The normalized spacial score (nSPS) is 14.5. The first kappa shape index (κ1) is 28.1. The van der Waals surface area contributed by atoms with Gasteiger partial charge in [-0.25, -0.2) is 8.78 Å². The summed E-state index contributed by atoms with van der Waals surface area (Å²) in [6, 6.07) is 17.4. The van der Waals surface area contributed by atoms with Gasteiger partial charge < -0.3 is 9.64 Å². The monoisotopic (exact) mass is 533 g/mol. The van der Waals surface area contributed by atoms with Crippen molar-refractivity contribution in [3.05, 3.63) is 95.1 Å². The Labute approximate surface area is 227 Å². The van der Waals surface area contributed by atoms with Gasteiger partial charge in [0.05, 0.1) is 17.9 Å². The number of ether oxygens (including phenoxy) is 1. The quantitative estimate of drug-likeness (QED) is 0.243. The molecule has 0 radical (unpaired) electrons. The number of benzene rings is 3. The number of carbonyl (C=O) groups excluding carboxylic acids is 3. The number of halogens is 2. The third-order valence-corrected chi connectivity index (χ3v) is 6.71. The maximum Gasteiger partial charge on any atom is 0.307 e. The Balaban J connectivity index is 1.64. The molecule has 3 aromatic carbocycles. The molecule has 0 spiro atoms. The summed E-state index contributed by atoms with van der Waals surface area (Å²) in [5.74, 6) is -4.62. The maximum absolute atomic E-state index is 14.6. The van der Waals surface area contributed by atoms with Crippen LogP contribution in [-0.4, -0.2) is 41.3 Å². The Kier molecular flexibility index (Phi) is 8.58. The lowest BCUT2D eigenvalue weighted by Crippen LogP contribution is -2.35. The Morgan fingerprint density at radius 3 is 2.08 bits per heavy atom. The molecule has 4 rings (SSSR count). The van der Waals surface area contributed by atoms with E-state index in [-0.39, 0.29) is 12.3 Å². The van der Waals surface area contributed by atoms with E-state index < -0.39 is 40.5 Å². The van der Waals surface area contributed by atoms with E-state index in [1.54, 1.807) is 51.1 Å². The molecule has 204 valence electrons. The fourth-order valence-corrected chi connectivity index (χ4v) is 4.84. The molecule has 39 heavy (non-hydrogen) atoms. The molecule has 1 aliphatic heterocycles. The van der Waals surface area contributed by atoms with Crippen molar-refractivity contribution < 1.29 is 27.9 Å². The number of hydrogen-bond donors (Lipinski definition) is 0. The molecule has 1 saturated heterocycles. The fourth-order valence-electron chi connectivity index (χ4n) is 4.84. The summed E-state index contributed by atoms with van der Waals surface area (Å²) in [6.07, 6.45) is 2.78. The van der Waals surface area contributed by atoms with Crippen LogP contribution in [0.4, 0.5) is 8.78 Å². The number of carbonyl (C=O) groups is 3. The molecule has 1 atom stereocenters. The zero-order chi connectivity index (χ0) is 28.2. The van der Waals surface area contributed by atoms with E-state index in [1.807, 2.05) is 23.1 Å². The van der Waals surface area contributed by atoms with E-state index in [2.05, 4.69) is 0 Å². The van der Waals surface area contributed by atoms with Crippen LogP contribution >= 0.6 is 0 Å². The highest BCUT2D eigenvalue weighted by atomic mass is 19.1. The Morgan fingerprint density at radius 2 is 1.46 bits per heavy atom. The number of piperidine rings is 1. The minimum absolute atomic E-state index is 0.00457. The van der Waals surface area contributed by atoms with Crippen LogP contribution in [0.5, 0.6) is 0 Å². The summed E-state index contributed by atoms with van der Waals surface area (Å²) in [7, 11) is 0. The van der Waals surface area contributed by atoms with Crippen molar-refractivity contribution in [1.29, 1.82) is 0 Å². The molecule has 1 amide bonds. The van der Waals surface area contributed by atoms with E-state index in [1.165, 1.54) is 6.07 Å². The van der Waals surface area contributed by atoms with Crippen LogP contribution in [0.15, 0.2) is 66.7 Å². The van der Waals surface area contributed by atoms with Gasteiger partial charge in [0.2, 0.25) is 0 Å². The van der Waals surface area contributed by atoms with Crippen molar-refractivity contribution in [1.82, 2.24) is 4.90 Å². The highest BCUT2D eigenvalue weighted by Gasteiger charge is 2.31. The molecule has 1 unspecified atom stereocenters. The average Bonchev–Trinajstić information content (AvgIpc) is 2.91. The van der Waals surface area contributed by atoms with Crippen LogP contribution in [0.3, 0.4) is 0 Å². The zero-order valence-corrected chi connectivity index (χ0v) is 22.5. The number of likely N-dealkylation sites (tertiary alicyclic amines) is 1. The van der Waals surface area contributed by atoms with E-state index in [0.717, 1.165) is 55.6 Å². The van der Waals surface area contributed by atoms with E-state index >= 15 is 0 Å². The summed E-state index contributed by atoms with van der Waals surface area (Å²) >= 11 is 0. The molecular formula is C32H33F2NO4. The third kappa shape index (κ3) is 6.96. The molecule has 3 aromatic rings. The van der Waals surface area contributed by atoms with Gasteiger partial charge in [0, 0.05) is 18.7 Å². The number of rotatable bonds is 7. The van der Waals surface area contributed by atoms with Crippen molar-refractivity contribution in [3.8, 4) is 11.1 Å². The molecule has 0 aliphatic carbocycles. The summed E-state index contributed by atoms with van der Waals surface area (Å²) in [5.41, 5.74) is 1.10. The molecule has 0 bridgehead atoms. The van der Waals surface area contributed by atoms with Crippen LogP contribution in [-0.2, 0) is 9.53 Å². The topological polar surface area (TPSA) is 63.7 Å². The largest absolute Gasteiger partial charge is 0.460 e. The Hall–Kier alpha value is -3.87. The van der Waals surface area contributed by atoms with Crippen molar-refractivity contribution >= 4 is 17.7 Å². The lowest BCUT2D eigenvalue weighted by Gasteiger charge is -2.26. The summed E-state index contributed by atoms with van der Waals surface area (Å²) in [5, 5.41) is 0. The average molecular weight is 534 g/mol. The van der Waals surface area contributed by atoms with Gasteiger partial charge in [0.1, 0.15) is 17.2 Å².